The minimum Gasteiger partial charge on any atom is -0.388 e. The lowest BCUT2D eigenvalue weighted by atomic mass is 10.3. The monoisotopic (exact) mass is 215 g/mol. The second-order valence-electron chi connectivity index (χ2n) is 4.08. The van der Waals surface area contributed by atoms with Gasteiger partial charge in [-0.05, 0) is 25.0 Å². The van der Waals surface area contributed by atoms with Crippen LogP contribution in [0.2, 0.25) is 0 Å². The summed E-state index contributed by atoms with van der Waals surface area (Å²) in [7, 11) is 0. The first-order valence-corrected chi connectivity index (χ1v) is 5.50. The van der Waals surface area contributed by atoms with E-state index >= 15 is 0 Å². The minimum absolute atomic E-state index is 0.0748. The molecule has 4 heteroatoms. The topological polar surface area (TPSA) is 50.9 Å². The number of benzene rings is 1. The molecule has 0 bridgehead atoms. The summed E-state index contributed by atoms with van der Waals surface area (Å²) in [6, 6.07) is 9.95. The summed E-state index contributed by atoms with van der Waals surface area (Å²) in [5.74, 6) is 2.12. The van der Waals surface area contributed by atoms with Crippen LogP contribution < -0.4 is 0 Å². The molecule has 1 aliphatic rings. The van der Waals surface area contributed by atoms with Crippen molar-refractivity contribution in [2.45, 2.75) is 25.4 Å². The summed E-state index contributed by atoms with van der Waals surface area (Å²) in [6.45, 7) is -0.0748. The van der Waals surface area contributed by atoms with Gasteiger partial charge in [-0.1, -0.05) is 18.2 Å². The van der Waals surface area contributed by atoms with Crippen molar-refractivity contribution in [2.75, 3.05) is 0 Å². The number of para-hydroxylation sites is 1. The first-order valence-electron chi connectivity index (χ1n) is 5.50. The van der Waals surface area contributed by atoms with Gasteiger partial charge in [-0.3, -0.25) is 4.57 Å². The molecule has 1 aromatic heterocycles. The van der Waals surface area contributed by atoms with E-state index in [0.717, 1.165) is 11.5 Å². The third-order valence-corrected chi connectivity index (χ3v) is 2.85. The smallest absolute Gasteiger partial charge is 0.163 e. The maximum absolute atomic E-state index is 9.27. The number of nitrogens with zero attached hydrogens (tertiary/aromatic N) is 3. The van der Waals surface area contributed by atoms with Crippen LogP contribution in [0.25, 0.3) is 5.69 Å². The van der Waals surface area contributed by atoms with Crippen LogP contribution in [0.15, 0.2) is 30.3 Å². The van der Waals surface area contributed by atoms with Crippen molar-refractivity contribution in [1.82, 2.24) is 14.8 Å². The van der Waals surface area contributed by atoms with Gasteiger partial charge in [0.05, 0.1) is 0 Å². The van der Waals surface area contributed by atoms with E-state index in [-0.39, 0.29) is 6.61 Å². The van der Waals surface area contributed by atoms with E-state index in [1.165, 1.54) is 12.8 Å². The Balaban J connectivity index is 2.13. The molecule has 2 aromatic rings. The van der Waals surface area contributed by atoms with Crippen molar-refractivity contribution < 1.29 is 5.11 Å². The van der Waals surface area contributed by atoms with Crippen molar-refractivity contribution in [3.63, 3.8) is 0 Å². The predicted molar refractivity (Wildman–Crippen MR) is 59.3 cm³/mol. The summed E-state index contributed by atoms with van der Waals surface area (Å²) >= 11 is 0. The maximum Gasteiger partial charge on any atom is 0.163 e. The summed E-state index contributed by atoms with van der Waals surface area (Å²) in [4.78, 5) is 0. The van der Waals surface area contributed by atoms with Gasteiger partial charge < -0.3 is 5.11 Å². The summed E-state index contributed by atoms with van der Waals surface area (Å²) in [6.07, 6.45) is 2.35. The third-order valence-electron chi connectivity index (χ3n) is 2.85. The fourth-order valence-corrected chi connectivity index (χ4v) is 1.90. The molecule has 3 rings (SSSR count). The van der Waals surface area contributed by atoms with Gasteiger partial charge in [0.2, 0.25) is 0 Å². The molecule has 0 saturated heterocycles. The molecule has 0 spiro atoms. The van der Waals surface area contributed by atoms with E-state index in [2.05, 4.69) is 10.2 Å². The Labute approximate surface area is 93.6 Å². The highest BCUT2D eigenvalue weighted by Crippen LogP contribution is 2.40. The molecule has 1 fully saturated rings. The van der Waals surface area contributed by atoms with Gasteiger partial charge in [-0.15, -0.1) is 10.2 Å². The molecule has 1 aromatic carbocycles. The number of aliphatic hydroxyl groups excluding tert-OH is 1. The van der Waals surface area contributed by atoms with Crippen molar-refractivity contribution in [1.29, 1.82) is 0 Å². The van der Waals surface area contributed by atoms with Crippen LogP contribution in [0.3, 0.4) is 0 Å². The molecule has 0 amide bonds. The third kappa shape index (κ3) is 1.51. The summed E-state index contributed by atoms with van der Waals surface area (Å²) in [5.41, 5.74) is 1.03. The van der Waals surface area contributed by atoms with Gasteiger partial charge in [-0.2, -0.15) is 0 Å². The van der Waals surface area contributed by atoms with Crippen LogP contribution in [0.4, 0.5) is 0 Å². The Bertz CT molecular complexity index is 488. The van der Waals surface area contributed by atoms with Crippen molar-refractivity contribution >= 4 is 0 Å². The van der Waals surface area contributed by atoms with Crippen LogP contribution in [0, 0.1) is 0 Å². The van der Waals surface area contributed by atoms with Gasteiger partial charge in [0.25, 0.3) is 0 Å². The van der Waals surface area contributed by atoms with E-state index in [1.807, 2.05) is 34.9 Å². The molecule has 0 aliphatic heterocycles. The quantitative estimate of drug-likeness (QED) is 0.846. The highest BCUT2D eigenvalue weighted by Gasteiger charge is 2.30. The Morgan fingerprint density at radius 3 is 2.56 bits per heavy atom. The molecule has 0 radical (unpaired) electrons. The molecule has 4 nitrogen and oxygen atoms in total. The molecule has 1 aliphatic carbocycles. The molecule has 1 saturated carbocycles. The Hall–Kier alpha value is -1.68. The van der Waals surface area contributed by atoms with Crippen LogP contribution in [0.5, 0.6) is 0 Å². The SMILES string of the molecule is OCc1nnc(C2CC2)n1-c1ccccc1. The van der Waals surface area contributed by atoms with E-state index < -0.39 is 0 Å². The van der Waals surface area contributed by atoms with Gasteiger partial charge in [0.15, 0.2) is 5.82 Å². The molecular formula is C12H13N3O. The van der Waals surface area contributed by atoms with Gasteiger partial charge in [-0.25, -0.2) is 0 Å². The number of aliphatic hydroxyl groups is 1. The first kappa shape index (κ1) is 9.54. The average Bonchev–Trinajstić information content (AvgIpc) is 3.09. The summed E-state index contributed by atoms with van der Waals surface area (Å²) in [5, 5.41) is 17.5. The second kappa shape index (κ2) is 3.72. The molecule has 82 valence electrons. The van der Waals surface area contributed by atoms with Gasteiger partial charge in [0, 0.05) is 11.6 Å². The average molecular weight is 215 g/mol. The fourth-order valence-electron chi connectivity index (χ4n) is 1.90. The van der Waals surface area contributed by atoms with E-state index in [1.54, 1.807) is 0 Å². The highest BCUT2D eigenvalue weighted by molar-refractivity contribution is 5.35. The van der Waals surface area contributed by atoms with Crippen molar-refractivity contribution in [3.05, 3.63) is 42.0 Å². The molecule has 1 heterocycles. The number of hydrogen-bond acceptors (Lipinski definition) is 3. The van der Waals surface area contributed by atoms with E-state index in [0.29, 0.717) is 11.7 Å². The largest absolute Gasteiger partial charge is 0.388 e. The zero-order valence-corrected chi connectivity index (χ0v) is 8.87. The van der Waals surface area contributed by atoms with E-state index in [4.69, 9.17) is 0 Å². The highest BCUT2D eigenvalue weighted by atomic mass is 16.3. The normalized spacial score (nSPS) is 15.3. The predicted octanol–water partition coefficient (Wildman–Crippen LogP) is 1.64. The number of hydrogen-bond donors (Lipinski definition) is 1. The van der Waals surface area contributed by atoms with Crippen molar-refractivity contribution in [3.8, 4) is 5.69 Å². The summed E-state index contributed by atoms with van der Waals surface area (Å²) < 4.78 is 1.97. The molecule has 0 unspecified atom stereocenters. The molecule has 1 N–H and O–H groups in total. The molecular weight excluding hydrogens is 202 g/mol. The zero-order valence-electron chi connectivity index (χ0n) is 8.87. The molecule has 0 atom stereocenters. The maximum atomic E-state index is 9.27. The zero-order chi connectivity index (χ0) is 11.0. The second-order valence-corrected chi connectivity index (χ2v) is 4.08. The van der Waals surface area contributed by atoms with Crippen molar-refractivity contribution in [2.24, 2.45) is 0 Å². The van der Waals surface area contributed by atoms with Gasteiger partial charge >= 0.3 is 0 Å². The fraction of sp³-hybridized carbons (Fsp3) is 0.333. The van der Waals surface area contributed by atoms with Crippen LogP contribution in [-0.2, 0) is 6.61 Å². The first-order chi connectivity index (χ1) is 7.90. The van der Waals surface area contributed by atoms with Crippen LogP contribution in [0.1, 0.15) is 30.4 Å². The van der Waals surface area contributed by atoms with E-state index in [9.17, 15) is 5.11 Å². The van der Waals surface area contributed by atoms with Crippen LogP contribution >= 0.6 is 0 Å². The van der Waals surface area contributed by atoms with Gasteiger partial charge in [0.1, 0.15) is 12.4 Å². The number of rotatable bonds is 3. The lowest BCUT2D eigenvalue weighted by Crippen LogP contribution is -2.04. The standard InChI is InChI=1S/C12H13N3O/c16-8-11-13-14-12(9-6-7-9)15(11)10-4-2-1-3-5-10/h1-5,9,16H,6-8H2. The number of aromatic nitrogens is 3. The Morgan fingerprint density at radius 1 is 1.19 bits per heavy atom. The lowest BCUT2D eigenvalue weighted by Gasteiger charge is -2.08. The Morgan fingerprint density at radius 2 is 1.94 bits per heavy atom. The van der Waals surface area contributed by atoms with Crippen LogP contribution in [-0.4, -0.2) is 19.9 Å². The lowest BCUT2D eigenvalue weighted by molar-refractivity contribution is 0.268. The molecule has 16 heavy (non-hydrogen) atoms. The minimum atomic E-state index is -0.0748. The Kier molecular flexibility index (Phi) is 2.22.